The van der Waals surface area contributed by atoms with Crippen LogP contribution >= 0.6 is 0 Å². The Morgan fingerprint density at radius 1 is 1.17 bits per heavy atom. The van der Waals surface area contributed by atoms with Gasteiger partial charge >= 0.3 is 5.97 Å². The first-order valence-electron chi connectivity index (χ1n) is 9.12. The molecule has 2 atom stereocenters. The number of carbonyl (C=O) groups is 2. The lowest BCUT2D eigenvalue weighted by molar-refractivity contribution is -0.146. The maximum absolute atomic E-state index is 14.1. The minimum Gasteiger partial charge on any atom is -0.496 e. The number of carbonyl (C=O) groups excluding carboxylic acids is 2. The van der Waals surface area contributed by atoms with Crippen molar-refractivity contribution in [1.82, 2.24) is 10.2 Å². The van der Waals surface area contributed by atoms with E-state index in [2.05, 4.69) is 5.32 Å². The third kappa shape index (κ3) is 4.71. The molecule has 0 bridgehead atoms. The van der Waals surface area contributed by atoms with E-state index in [0.717, 1.165) is 6.07 Å². The van der Waals surface area contributed by atoms with E-state index in [9.17, 15) is 18.4 Å². The van der Waals surface area contributed by atoms with Crippen molar-refractivity contribution in [1.29, 1.82) is 0 Å². The number of hydrogen-bond acceptors (Lipinski definition) is 5. The topological polar surface area (TPSA) is 67.9 Å². The highest BCUT2D eigenvalue weighted by Gasteiger charge is 2.38. The number of likely N-dealkylation sites (tertiary alicyclic amines) is 1. The van der Waals surface area contributed by atoms with Crippen molar-refractivity contribution >= 4 is 11.9 Å². The van der Waals surface area contributed by atoms with Crippen LogP contribution in [0.1, 0.15) is 22.3 Å². The number of nitrogens with zero attached hydrogens (tertiary/aromatic N) is 1. The van der Waals surface area contributed by atoms with E-state index in [4.69, 9.17) is 9.47 Å². The molecule has 0 saturated carbocycles. The fraction of sp³-hybridized carbons (Fsp3) is 0.333. The summed E-state index contributed by atoms with van der Waals surface area (Å²) in [6, 6.07) is 9.15. The van der Waals surface area contributed by atoms with Crippen LogP contribution in [0.4, 0.5) is 8.78 Å². The molecule has 1 saturated heterocycles. The Kier molecular flexibility index (Phi) is 6.43. The zero-order chi connectivity index (χ0) is 21.0. The molecule has 6 nitrogen and oxygen atoms in total. The zero-order valence-corrected chi connectivity index (χ0v) is 16.2. The molecule has 29 heavy (non-hydrogen) atoms. The molecule has 8 heteroatoms. The summed E-state index contributed by atoms with van der Waals surface area (Å²) in [4.78, 5) is 26.6. The van der Waals surface area contributed by atoms with Gasteiger partial charge in [0.2, 0.25) is 0 Å². The molecule has 154 valence electrons. The van der Waals surface area contributed by atoms with Gasteiger partial charge in [-0.2, -0.15) is 0 Å². The van der Waals surface area contributed by atoms with Crippen LogP contribution in [0.15, 0.2) is 42.5 Å². The van der Waals surface area contributed by atoms with E-state index in [0.29, 0.717) is 24.3 Å². The fourth-order valence-corrected chi connectivity index (χ4v) is 3.53. The van der Waals surface area contributed by atoms with Crippen molar-refractivity contribution in [3.63, 3.8) is 0 Å². The Morgan fingerprint density at radius 2 is 1.93 bits per heavy atom. The fourth-order valence-electron chi connectivity index (χ4n) is 3.53. The molecule has 1 N–H and O–H groups in total. The molecule has 0 spiro atoms. The first kappa shape index (κ1) is 20.7. The monoisotopic (exact) mass is 404 g/mol. The first-order valence-corrected chi connectivity index (χ1v) is 9.12. The number of ether oxygens (including phenoxy) is 2. The molecule has 2 aromatic rings. The van der Waals surface area contributed by atoms with Crippen LogP contribution in [0.5, 0.6) is 5.75 Å². The molecule has 0 radical (unpaired) electrons. The van der Waals surface area contributed by atoms with Crippen molar-refractivity contribution in [2.45, 2.75) is 25.0 Å². The molecule has 0 aromatic heterocycles. The minimum atomic E-state index is -0.685. The summed E-state index contributed by atoms with van der Waals surface area (Å²) in [5.74, 6) is -1.71. The Bertz CT molecular complexity index is 906. The highest BCUT2D eigenvalue weighted by molar-refractivity contribution is 5.97. The van der Waals surface area contributed by atoms with E-state index >= 15 is 0 Å². The number of methoxy groups -OCH3 is 2. The standard InChI is InChI=1S/C21H22F2N2O4/c1-28-19-6-4-3-5-16(19)20(26)24-15-10-18(21(27)29-2)25(12-15)11-13-7-8-14(22)9-17(13)23/h3-9,15,18H,10-12H2,1-2H3,(H,24,26)/t15-,18+/m1/s1. The number of benzene rings is 2. The molecule has 0 unspecified atom stereocenters. The number of para-hydroxylation sites is 1. The number of hydrogen-bond donors (Lipinski definition) is 1. The summed E-state index contributed by atoms with van der Waals surface area (Å²) >= 11 is 0. The quantitative estimate of drug-likeness (QED) is 0.750. The van der Waals surface area contributed by atoms with Crippen LogP contribution in [0, 0.1) is 11.6 Å². The predicted molar refractivity (Wildman–Crippen MR) is 101 cm³/mol. The summed E-state index contributed by atoms with van der Waals surface area (Å²) in [6.45, 7) is 0.407. The number of esters is 1. The van der Waals surface area contributed by atoms with Gasteiger partial charge in [0.15, 0.2) is 0 Å². The van der Waals surface area contributed by atoms with Crippen molar-refractivity contribution in [2.24, 2.45) is 0 Å². The highest BCUT2D eigenvalue weighted by Crippen LogP contribution is 2.24. The molecule has 2 aromatic carbocycles. The summed E-state index contributed by atoms with van der Waals surface area (Å²) < 4.78 is 37.3. The van der Waals surface area contributed by atoms with Crippen LogP contribution in [-0.2, 0) is 16.1 Å². The van der Waals surface area contributed by atoms with Crippen molar-refractivity contribution in [3.8, 4) is 5.75 Å². The van der Waals surface area contributed by atoms with E-state index in [-0.39, 0.29) is 24.1 Å². The van der Waals surface area contributed by atoms with Gasteiger partial charge in [0.1, 0.15) is 23.4 Å². The Balaban J connectivity index is 1.75. The smallest absolute Gasteiger partial charge is 0.323 e. The molecule has 1 heterocycles. The second-order valence-corrected chi connectivity index (χ2v) is 6.81. The van der Waals surface area contributed by atoms with Crippen LogP contribution in [0.3, 0.4) is 0 Å². The van der Waals surface area contributed by atoms with Crippen LogP contribution in [-0.4, -0.2) is 49.6 Å². The van der Waals surface area contributed by atoms with Gasteiger partial charge in [-0.1, -0.05) is 18.2 Å². The lowest BCUT2D eigenvalue weighted by atomic mass is 10.1. The van der Waals surface area contributed by atoms with Crippen LogP contribution in [0.25, 0.3) is 0 Å². The second-order valence-electron chi connectivity index (χ2n) is 6.81. The molecule has 3 rings (SSSR count). The van der Waals surface area contributed by atoms with Crippen molar-refractivity contribution in [3.05, 3.63) is 65.2 Å². The Hall–Kier alpha value is -3.00. The summed E-state index contributed by atoms with van der Waals surface area (Å²) in [6.07, 6.45) is 0.316. The predicted octanol–water partition coefficient (Wildman–Crippen LogP) is 2.52. The third-order valence-corrected chi connectivity index (χ3v) is 4.95. The average molecular weight is 404 g/mol. The number of nitrogens with one attached hydrogen (secondary N) is 1. The SMILES string of the molecule is COC(=O)[C@@H]1C[C@@H](NC(=O)c2ccccc2OC)CN1Cc1ccc(F)cc1F. The van der Waals surface area contributed by atoms with Gasteiger partial charge in [0, 0.05) is 30.8 Å². The summed E-state index contributed by atoms with van der Waals surface area (Å²) in [5.41, 5.74) is 0.643. The second kappa shape index (κ2) is 9.00. The molecular formula is C21H22F2N2O4. The molecular weight excluding hydrogens is 382 g/mol. The first-order chi connectivity index (χ1) is 13.9. The molecule has 1 fully saturated rings. The van der Waals surface area contributed by atoms with Crippen molar-refractivity contribution < 1.29 is 27.8 Å². The molecule has 1 aliphatic rings. The average Bonchev–Trinajstić information content (AvgIpc) is 3.11. The van der Waals surface area contributed by atoms with E-state index in [1.807, 2.05) is 0 Å². The normalized spacial score (nSPS) is 19.0. The maximum atomic E-state index is 14.1. The maximum Gasteiger partial charge on any atom is 0.323 e. The number of amides is 1. The third-order valence-electron chi connectivity index (χ3n) is 4.95. The molecule has 1 amide bonds. The van der Waals surface area contributed by atoms with E-state index in [1.165, 1.54) is 26.4 Å². The van der Waals surface area contributed by atoms with Gasteiger partial charge in [-0.15, -0.1) is 0 Å². The Morgan fingerprint density at radius 3 is 2.62 bits per heavy atom. The van der Waals surface area contributed by atoms with E-state index in [1.54, 1.807) is 29.2 Å². The van der Waals surface area contributed by atoms with Gasteiger partial charge in [-0.05, 0) is 24.6 Å². The minimum absolute atomic E-state index is 0.0902. The molecule has 0 aliphatic carbocycles. The zero-order valence-electron chi connectivity index (χ0n) is 16.2. The summed E-state index contributed by atoms with van der Waals surface area (Å²) in [7, 11) is 2.76. The lowest BCUT2D eigenvalue weighted by Crippen LogP contribution is -2.38. The van der Waals surface area contributed by atoms with Gasteiger partial charge in [0.25, 0.3) is 5.91 Å². The summed E-state index contributed by atoms with van der Waals surface area (Å²) in [5, 5.41) is 2.90. The van der Waals surface area contributed by atoms with Crippen LogP contribution in [0.2, 0.25) is 0 Å². The van der Waals surface area contributed by atoms with Gasteiger partial charge in [0.05, 0.1) is 19.8 Å². The van der Waals surface area contributed by atoms with Gasteiger partial charge in [-0.25, -0.2) is 8.78 Å². The van der Waals surface area contributed by atoms with Crippen molar-refractivity contribution in [2.75, 3.05) is 20.8 Å². The van der Waals surface area contributed by atoms with Crippen LogP contribution < -0.4 is 10.1 Å². The van der Waals surface area contributed by atoms with Gasteiger partial charge < -0.3 is 14.8 Å². The molecule has 1 aliphatic heterocycles. The Labute approximate surface area is 167 Å². The lowest BCUT2D eigenvalue weighted by Gasteiger charge is -2.22. The largest absolute Gasteiger partial charge is 0.496 e. The highest BCUT2D eigenvalue weighted by atomic mass is 19.1. The number of halogens is 2. The van der Waals surface area contributed by atoms with E-state index < -0.39 is 23.6 Å². The van der Waals surface area contributed by atoms with Gasteiger partial charge in [-0.3, -0.25) is 14.5 Å². The number of rotatable bonds is 6.